The number of pyridine rings is 1. The summed E-state index contributed by atoms with van der Waals surface area (Å²) in [7, 11) is 0. The summed E-state index contributed by atoms with van der Waals surface area (Å²) in [6.45, 7) is 1.84. The van der Waals surface area contributed by atoms with Gasteiger partial charge in [-0.25, -0.2) is 15.0 Å². The van der Waals surface area contributed by atoms with E-state index in [1.165, 1.54) is 11.1 Å². The molecule has 0 radical (unpaired) electrons. The SMILES string of the molecule is N[C@@H]1c2ccccc2CC12CCN(c1nc3nc(Sc4ccnc5[nH]ccc45)cnc3[nH]1)CC2. The minimum Gasteiger partial charge on any atom is -0.346 e. The van der Waals surface area contributed by atoms with E-state index in [9.17, 15) is 0 Å². The lowest BCUT2D eigenvalue weighted by atomic mass is 9.73. The van der Waals surface area contributed by atoms with Gasteiger partial charge in [0.25, 0.3) is 0 Å². The highest BCUT2D eigenvalue weighted by molar-refractivity contribution is 7.99. The second-order valence-electron chi connectivity index (χ2n) is 9.29. The van der Waals surface area contributed by atoms with E-state index >= 15 is 0 Å². The van der Waals surface area contributed by atoms with Crippen LogP contribution < -0.4 is 10.6 Å². The van der Waals surface area contributed by atoms with Crippen molar-refractivity contribution < 1.29 is 0 Å². The fraction of sp³-hybridized carbons (Fsp3) is 0.280. The van der Waals surface area contributed by atoms with Gasteiger partial charge in [0.1, 0.15) is 10.7 Å². The Morgan fingerprint density at radius 2 is 1.91 bits per heavy atom. The van der Waals surface area contributed by atoms with Crippen molar-refractivity contribution in [2.45, 2.75) is 35.2 Å². The number of nitrogens with zero attached hydrogens (tertiary/aromatic N) is 5. The highest BCUT2D eigenvalue weighted by Gasteiger charge is 2.46. The molecule has 1 fully saturated rings. The second kappa shape index (κ2) is 7.54. The Morgan fingerprint density at radius 1 is 1.03 bits per heavy atom. The molecule has 1 aliphatic heterocycles. The van der Waals surface area contributed by atoms with Gasteiger partial charge in [-0.1, -0.05) is 36.0 Å². The standard InChI is InChI=1S/C25H24N8S/c26-20-16-4-2-1-3-15(16)13-25(20)7-11-33(12-8-25)24-31-22-23(32-24)30-19(14-29-22)34-18-6-10-28-21-17(18)5-9-27-21/h1-6,9-10,14,20H,7-8,11-13,26H2,(H,27,28)(H,29,30,31,32)/t20-/m1/s1. The molecule has 4 N–H and O–H groups in total. The minimum absolute atomic E-state index is 0.115. The smallest absolute Gasteiger partial charge is 0.206 e. The molecule has 1 aromatic carbocycles. The molecule has 1 atom stereocenters. The van der Waals surface area contributed by atoms with Crippen LogP contribution in [0, 0.1) is 5.41 Å². The Labute approximate surface area is 200 Å². The monoisotopic (exact) mass is 468 g/mol. The Bertz CT molecular complexity index is 1510. The molecule has 5 heterocycles. The number of fused-ring (bicyclic) bond motifs is 3. The van der Waals surface area contributed by atoms with Gasteiger partial charge in [-0.3, -0.25) is 0 Å². The molecule has 0 saturated carbocycles. The highest BCUT2D eigenvalue weighted by atomic mass is 32.2. The number of anilines is 1. The third-order valence-electron chi connectivity index (χ3n) is 7.46. The van der Waals surface area contributed by atoms with E-state index in [1.807, 2.05) is 18.3 Å². The number of aromatic amines is 2. The maximum atomic E-state index is 6.74. The van der Waals surface area contributed by atoms with Gasteiger partial charge in [0, 0.05) is 41.8 Å². The summed E-state index contributed by atoms with van der Waals surface area (Å²) in [5, 5.41) is 1.89. The van der Waals surface area contributed by atoms with Crippen molar-refractivity contribution in [2.75, 3.05) is 18.0 Å². The van der Waals surface area contributed by atoms with Gasteiger partial charge in [0.2, 0.25) is 5.95 Å². The second-order valence-corrected chi connectivity index (χ2v) is 10.4. The number of H-pyrrole nitrogens is 2. The first-order chi connectivity index (χ1) is 16.7. The van der Waals surface area contributed by atoms with E-state index in [-0.39, 0.29) is 11.5 Å². The lowest BCUT2D eigenvalue weighted by molar-refractivity contribution is 0.187. The Morgan fingerprint density at radius 3 is 2.79 bits per heavy atom. The van der Waals surface area contributed by atoms with E-state index in [0.717, 1.165) is 59.3 Å². The van der Waals surface area contributed by atoms with Crippen LogP contribution in [-0.2, 0) is 6.42 Å². The van der Waals surface area contributed by atoms with Gasteiger partial charge in [0.15, 0.2) is 11.3 Å². The van der Waals surface area contributed by atoms with Gasteiger partial charge in [-0.2, -0.15) is 4.98 Å². The van der Waals surface area contributed by atoms with Crippen LogP contribution in [0.25, 0.3) is 22.3 Å². The van der Waals surface area contributed by atoms with E-state index in [4.69, 9.17) is 15.7 Å². The largest absolute Gasteiger partial charge is 0.346 e. The van der Waals surface area contributed by atoms with Crippen molar-refractivity contribution in [3.8, 4) is 0 Å². The number of nitrogens with two attached hydrogens (primary N) is 1. The molecule has 170 valence electrons. The maximum absolute atomic E-state index is 6.74. The van der Waals surface area contributed by atoms with Gasteiger partial charge in [0.05, 0.1) is 6.20 Å². The predicted octanol–water partition coefficient (Wildman–Crippen LogP) is 4.22. The Hall–Kier alpha value is -3.43. The molecule has 7 rings (SSSR count). The Balaban J connectivity index is 1.10. The van der Waals surface area contributed by atoms with Crippen LogP contribution in [0.3, 0.4) is 0 Å². The zero-order valence-electron chi connectivity index (χ0n) is 18.5. The summed E-state index contributed by atoms with van der Waals surface area (Å²) in [4.78, 5) is 28.4. The number of piperidine rings is 1. The molecule has 1 saturated heterocycles. The van der Waals surface area contributed by atoms with Crippen molar-refractivity contribution >= 4 is 40.0 Å². The minimum atomic E-state index is 0.115. The summed E-state index contributed by atoms with van der Waals surface area (Å²) in [6, 6.07) is 12.8. The van der Waals surface area contributed by atoms with Crippen molar-refractivity contribution in [3.05, 3.63) is 66.1 Å². The first-order valence-corrected chi connectivity index (χ1v) is 12.4. The number of imidazole rings is 1. The van der Waals surface area contributed by atoms with Gasteiger partial charge < -0.3 is 20.6 Å². The summed E-state index contributed by atoms with van der Waals surface area (Å²) in [6.07, 6.45) is 8.68. The molecule has 4 aromatic heterocycles. The normalized spacial score (nSPS) is 19.3. The van der Waals surface area contributed by atoms with E-state index in [2.05, 4.69) is 49.1 Å². The summed E-state index contributed by atoms with van der Waals surface area (Å²) in [5.74, 6) is 0.841. The van der Waals surface area contributed by atoms with E-state index in [1.54, 1.807) is 24.2 Å². The summed E-state index contributed by atoms with van der Waals surface area (Å²) in [5.41, 5.74) is 11.9. The van der Waals surface area contributed by atoms with Crippen LogP contribution in [0.1, 0.15) is 30.0 Å². The zero-order valence-corrected chi connectivity index (χ0v) is 19.3. The van der Waals surface area contributed by atoms with Crippen LogP contribution >= 0.6 is 11.8 Å². The quantitative estimate of drug-likeness (QED) is 0.363. The molecule has 0 unspecified atom stereocenters. The Kier molecular flexibility index (Phi) is 4.43. The van der Waals surface area contributed by atoms with E-state index < -0.39 is 0 Å². The third-order valence-corrected chi connectivity index (χ3v) is 8.44. The number of benzene rings is 1. The highest BCUT2D eigenvalue weighted by Crippen LogP contribution is 2.50. The topological polar surface area (TPSA) is 112 Å². The molecule has 5 aromatic rings. The van der Waals surface area contributed by atoms with Crippen molar-refractivity contribution in [1.82, 2.24) is 29.9 Å². The molecule has 9 heteroatoms. The lowest BCUT2D eigenvalue weighted by Crippen LogP contribution is -2.44. The fourth-order valence-corrected chi connectivity index (χ4v) is 6.44. The number of hydrogen-bond donors (Lipinski definition) is 3. The van der Waals surface area contributed by atoms with Crippen LogP contribution in [0.2, 0.25) is 0 Å². The molecule has 0 bridgehead atoms. The molecular weight excluding hydrogens is 444 g/mol. The van der Waals surface area contributed by atoms with Gasteiger partial charge >= 0.3 is 0 Å². The average Bonchev–Trinajstić information content (AvgIpc) is 3.57. The zero-order chi connectivity index (χ0) is 22.7. The fourth-order valence-electron chi connectivity index (χ4n) is 5.57. The van der Waals surface area contributed by atoms with Crippen LogP contribution in [0.5, 0.6) is 0 Å². The summed E-state index contributed by atoms with van der Waals surface area (Å²) < 4.78 is 0. The third kappa shape index (κ3) is 3.11. The average molecular weight is 469 g/mol. The molecule has 1 spiro atoms. The first-order valence-electron chi connectivity index (χ1n) is 11.6. The number of rotatable bonds is 3. The van der Waals surface area contributed by atoms with Crippen molar-refractivity contribution in [3.63, 3.8) is 0 Å². The molecule has 2 aliphatic rings. The van der Waals surface area contributed by atoms with Crippen molar-refractivity contribution in [1.29, 1.82) is 0 Å². The molecule has 0 amide bonds. The maximum Gasteiger partial charge on any atom is 0.206 e. The molecule has 8 nitrogen and oxygen atoms in total. The summed E-state index contributed by atoms with van der Waals surface area (Å²) >= 11 is 1.57. The van der Waals surface area contributed by atoms with Crippen molar-refractivity contribution in [2.24, 2.45) is 11.1 Å². The molecule has 34 heavy (non-hydrogen) atoms. The molecule has 1 aliphatic carbocycles. The van der Waals surface area contributed by atoms with Gasteiger partial charge in [-0.15, -0.1) is 0 Å². The van der Waals surface area contributed by atoms with Crippen LogP contribution in [-0.4, -0.2) is 43.0 Å². The van der Waals surface area contributed by atoms with Crippen LogP contribution in [0.15, 0.2) is 64.9 Å². The van der Waals surface area contributed by atoms with E-state index in [0.29, 0.717) is 11.3 Å². The van der Waals surface area contributed by atoms with Crippen LogP contribution in [0.4, 0.5) is 5.95 Å². The lowest BCUT2D eigenvalue weighted by Gasteiger charge is -2.42. The first kappa shape index (κ1) is 20.0. The predicted molar refractivity (Wildman–Crippen MR) is 133 cm³/mol. The van der Waals surface area contributed by atoms with Gasteiger partial charge in [-0.05, 0) is 47.9 Å². The number of aromatic nitrogens is 6. The molecular formula is C25H24N8S. The number of hydrogen-bond acceptors (Lipinski definition) is 7. The number of nitrogens with one attached hydrogen (secondary N) is 2.